The highest BCUT2D eigenvalue weighted by molar-refractivity contribution is 7.88. The normalized spacial score (nSPS) is 24.6. The van der Waals surface area contributed by atoms with Crippen molar-refractivity contribution in [3.8, 4) is 0 Å². The Balaban J connectivity index is 2.07. The average molecular weight is 312 g/mol. The van der Waals surface area contributed by atoms with Crippen molar-refractivity contribution in [1.29, 1.82) is 0 Å². The van der Waals surface area contributed by atoms with Crippen LogP contribution in [0.3, 0.4) is 0 Å². The second kappa shape index (κ2) is 6.04. The number of ether oxygens (including phenoxy) is 1. The zero-order valence-corrected chi connectivity index (χ0v) is 13.6. The van der Waals surface area contributed by atoms with Crippen molar-refractivity contribution in [1.82, 2.24) is 4.72 Å². The van der Waals surface area contributed by atoms with Crippen LogP contribution < -0.4 is 10.5 Å². The summed E-state index contributed by atoms with van der Waals surface area (Å²) in [5, 5.41) is 0. The molecule has 1 aliphatic rings. The maximum atomic E-state index is 12.4. The van der Waals surface area contributed by atoms with Crippen molar-refractivity contribution >= 4 is 10.0 Å². The van der Waals surface area contributed by atoms with Crippen LogP contribution in [0.15, 0.2) is 24.3 Å². The SMILES string of the molecule is COC1CC(NS(=O)(=O)Cc2ccccc2CN)C1(C)C. The minimum absolute atomic E-state index is 0.0371. The van der Waals surface area contributed by atoms with Gasteiger partial charge in [0.1, 0.15) is 0 Å². The van der Waals surface area contributed by atoms with Crippen LogP contribution >= 0.6 is 0 Å². The molecular formula is C15H24N2O3S. The molecule has 1 aromatic carbocycles. The molecule has 0 bridgehead atoms. The summed E-state index contributed by atoms with van der Waals surface area (Å²) in [5.41, 5.74) is 7.09. The maximum absolute atomic E-state index is 12.4. The van der Waals surface area contributed by atoms with Crippen molar-refractivity contribution in [3.63, 3.8) is 0 Å². The number of hydrogen-bond acceptors (Lipinski definition) is 4. The Hall–Kier alpha value is -0.950. The van der Waals surface area contributed by atoms with Gasteiger partial charge in [0, 0.05) is 25.1 Å². The average Bonchev–Trinajstić information content (AvgIpc) is 2.43. The van der Waals surface area contributed by atoms with Crippen LogP contribution in [0.4, 0.5) is 0 Å². The first kappa shape index (κ1) is 16.4. The van der Waals surface area contributed by atoms with E-state index in [0.29, 0.717) is 13.0 Å². The Morgan fingerprint density at radius 1 is 1.33 bits per heavy atom. The van der Waals surface area contributed by atoms with Crippen molar-refractivity contribution in [2.45, 2.75) is 44.7 Å². The number of sulfonamides is 1. The van der Waals surface area contributed by atoms with E-state index < -0.39 is 10.0 Å². The van der Waals surface area contributed by atoms with Gasteiger partial charge in [-0.2, -0.15) is 0 Å². The van der Waals surface area contributed by atoms with Crippen LogP contribution in [0.25, 0.3) is 0 Å². The lowest BCUT2D eigenvalue weighted by Crippen LogP contribution is -2.61. The third-order valence-corrected chi connectivity index (χ3v) is 5.80. The summed E-state index contributed by atoms with van der Waals surface area (Å²) in [6, 6.07) is 7.28. The Labute approximate surface area is 126 Å². The van der Waals surface area contributed by atoms with Crippen LogP contribution in [-0.2, 0) is 27.1 Å². The molecule has 0 radical (unpaired) electrons. The van der Waals surface area contributed by atoms with Crippen LogP contribution in [0.1, 0.15) is 31.4 Å². The smallest absolute Gasteiger partial charge is 0.216 e. The molecule has 1 fully saturated rings. The zero-order chi connectivity index (χ0) is 15.7. The van der Waals surface area contributed by atoms with Crippen LogP contribution in [-0.4, -0.2) is 27.7 Å². The molecule has 1 saturated carbocycles. The van der Waals surface area contributed by atoms with Crippen molar-refractivity contribution < 1.29 is 13.2 Å². The Morgan fingerprint density at radius 2 is 1.95 bits per heavy atom. The number of benzene rings is 1. The molecule has 0 aromatic heterocycles. The Morgan fingerprint density at radius 3 is 2.48 bits per heavy atom. The van der Waals surface area contributed by atoms with E-state index in [9.17, 15) is 8.42 Å². The van der Waals surface area contributed by atoms with Gasteiger partial charge in [0.25, 0.3) is 0 Å². The fraction of sp³-hybridized carbons (Fsp3) is 0.600. The van der Waals surface area contributed by atoms with E-state index in [1.807, 2.05) is 38.1 Å². The molecule has 0 aliphatic heterocycles. The van der Waals surface area contributed by atoms with Gasteiger partial charge in [0.2, 0.25) is 10.0 Å². The van der Waals surface area contributed by atoms with Gasteiger partial charge in [-0.05, 0) is 17.5 Å². The first-order valence-electron chi connectivity index (χ1n) is 7.10. The van der Waals surface area contributed by atoms with Gasteiger partial charge in [-0.15, -0.1) is 0 Å². The Bertz CT molecular complexity index is 599. The largest absolute Gasteiger partial charge is 0.381 e. The van der Waals surface area contributed by atoms with E-state index in [2.05, 4.69) is 4.72 Å². The van der Waals surface area contributed by atoms with Crippen LogP contribution in [0, 0.1) is 5.41 Å². The van der Waals surface area contributed by atoms with Gasteiger partial charge in [0.05, 0.1) is 11.9 Å². The standard InChI is InChI=1S/C15H24N2O3S/c1-15(2)13(8-14(15)20-3)17-21(18,19)10-12-7-5-4-6-11(12)9-16/h4-7,13-14,17H,8-10,16H2,1-3H3. The highest BCUT2D eigenvalue weighted by atomic mass is 32.2. The molecule has 1 aliphatic carbocycles. The topological polar surface area (TPSA) is 81.4 Å². The number of methoxy groups -OCH3 is 1. The Kier molecular flexibility index (Phi) is 4.72. The lowest BCUT2D eigenvalue weighted by molar-refractivity contribution is -0.0908. The van der Waals surface area contributed by atoms with E-state index in [-0.39, 0.29) is 23.3 Å². The minimum Gasteiger partial charge on any atom is -0.381 e. The summed E-state index contributed by atoms with van der Waals surface area (Å²) in [7, 11) is -1.73. The van der Waals surface area contributed by atoms with Gasteiger partial charge in [-0.1, -0.05) is 38.1 Å². The summed E-state index contributed by atoms with van der Waals surface area (Å²) in [6.07, 6.45) is 0.808. The monoisotopic (exact) mass is 312 g/mol. The molecule has 0 heterocycles. The van der Waals surface area contributed by atoms with Crippen molar-refractivity contribution in [2.24, 2.45) is 11.1 Å². The number of nitrogens with one attached hydrogen (secondary N) is 1. The quantitative estimate of drug-likeness (QED) is 0.831. The lowest BCUT2D eigenvalue weighted by Gasteiger charge is -2.51. The van der Waals surface area contributed by atoms with Gasteiger partial charge < -0.3 is 10.5 Å². The molecule has 118 valence electrons. The highest BCUT2D eigenvalue weighted by Crippen LogP contribution is 2.42. The molecule has 2 atom stereocenters. The van der Waals surface area contributed by atoms with Crippen LogP contribution in [0.5, 0.6) is 0 Å². The first-order valence-corrected chi connectivity index (χ1v) is 8.75. The van der Waals surface area contributed by atoms with E-state index in [1.54, 1.807) is 7.11 Å². The molecule has 2 unspecified atom stereocenters. The molecule has 0 spiro atoms. The molecule has 21 heavy (non-hydrogen) atoms. The molecule has 1 aromatic rings. The number of hydrogen-bond donors (Lipinski definition) is 2. The summed E-state index contributed by atoms with van der Waals surface area (Å²) in [5.74, 6) is -0.0371. The molecule has 6 heteroatoms. The summed E-state index contributed by atoms with van der Waals surface area (Å²) < 4.78 is 32.9. The maximum Gasteiger partial charge on any atom is 0.216 e. The van der Waals surface area contributed by atoms with Gasteiger partial charge in [-0.25, -0.2) is 13.1 Å². The fourth-order valence-electron chi connectivity index (χ4n) is 2.85. The predicted octanol–water partition coefficient (Wildman–Crippen LogP) is 1.38. The molecule has 0 saturated heterocycles. The van der Waals surface area contributed by atoms with Gasteiger partial charge in [0.15, 0.2) is 0 Å². The zero-order valence-electron chi connectivity index (χ0n) is 12.8. The number of rotatable bonds is 6. The fourth-order valence-corrected chi connectivity index (χ4v) is 4.45. The van der Waals surface area contributed by atoms with E-state index in [4.69, 9.17) is 10.5 Å². The van der Waals surface area contributed by atoms with Gasteiger partial charge in [-0.3, -0.25) is 0 Å². The van der Waals surface area contributed by atoms with Crippen LogP contribution in [0.2, 0.25) is 0 Å². The summed E-state index contributed by atoms with van der Waals surface area (Å²) in [4.78, 5) is 0. The summed E-state index contributed by atoms with van der Waals surface area (Å²) >= 11 is 0. The van der Waals surface area contributed by atoms with E-state index in [0.717, 1.165) is 11.1 Å². The second-order valence-corrected chi connectivity index (χ2v) is 7.94. The molecule has 3 N–H and O–H groups in total. The van der Waals surface area contributed by atoms with E-state index in [1.165, 1.54) is 0 Å². The second-order valence-electron chi connectivity index (χ2n) is 6.18. The predicted molar refractivity (Wildman–Crippen MR) is 83.1 cm³/mol. The molecule has 5 nitrogen and oxygen atoms in total. The van der Waals surface area contributed by atoms with Gasteiger partial charge >= 0.3 is 0 Å². The van der Waals surface area contributed by atoms with Crippen molar-refractivity contribution in [2.75, 3.05) is 7.11 Å². The highest BCUT2D eigenvalue weighted by Gasteiger charge is 2.49. The minimum atomic E-state index is -3.39. The molecule has 2 rings (SSSR count). The summed E-state index contributed by atoms with van der Waals surface area (Å²) in [6.45, 7) is 4.38. The first-order chi connectivity index (χ1) is 9.80. The molecular weight excluding hydrogens is 288 g/mol. The molecule has 0 amide bonds. The third kappa shape index (κ3) is 3.45. The van der Waals surface area contributed by atoms with E-state index >= 15 is 0 Å². The third-order valence-electron chi connectivity index (χ3n) is 4.47. The van der Waals surface area contributed by atoms with Crippen molar-refractivity contribution in [3.05, 3.63) is 35.4 Å². The number of nitrogens with two attached hydrogens (primary N) is 1. The lowest BCUT2D eigenvalue weighted by atomic mass is 9.65.